The minimum atomic E-state index is -0.426. The van der Waals surface area contributed by atoms with Gasteiger partial charge in [0.05, 0.1) is 5.69 Å². The van der Waals surface area contributed by atoms with Crippen molar-refractivity contribution in [3.8, 4) is 0 Å². The molecule has 1 aromatic heterocycles. The third-order valence-corrected chi connectivity index (χ3v) is 2.79. The number of nitrogens with zero attached hydrogens (tertiary/aromatic N) is 2. The fourth-order valence-corrected chi connectivity index (χ4v) is 1.68. The van der Waals surface area contributed by atoms with E-state index in [1.165, 1.54) is 0 Å². The molecule has 0 atom stereocenters. The molecule has 0 spiro atoms. The lowest BCUT2D eigenvalue weighted by atomic mass is 10.2. The smallest absolute Gasteiger partial charge is 0.407 e. The van der Waals surface area contributed by atoms with Gasteiger partial charge in [-0.15, -0.1) is 10.2 Å². The number of hydrogen-bond acceptors (Lipinski definition) is 5. The number of benzene rings is 1. The molecule has 0 bridgehead atoms. The van der Waals surface area contributed by atoms with E-state index >= 15 is 0 Å². The Hall–Kier alpha value is -2.89. The number of carbonyl (C=O) groups excluding carboxylic acids is 1. The minimum Gasteiger partial charge on any atom is -0.445 e. The maximum Gasteiger partial charge on any atom is 0.407 e. The lowest BCUT2D eigenvalue weighted by Crippen LogP contribution is -2.24. The molecule has 0 aliphatic heterocycles. The SMILES string of the molecule is Nc1ccc(C=CCCNC(=O)OCc2ccccc2)nn1. The highest BCUT2D eigenvalue weighted by atomic mass is 16.5. The van der Waals surface area contributed by atoms with Crippen LogP contribution < -0.4 is 11.1 Å². The Morgan fingerprint density at radius 3 is 2.73 bits per heavy atom. The fourth-order valence-electron chi connectivity index (χ4n) is 1.68. The number of hydrogen-bond donors (Lipinski definition) is 2. The summed E-state index contributed by atoms with van der Waals surface area (Å²) in [6.07, 6.45) is 3.97. The molecule has 0 aliphatic rings. The zero-order valence-corrected chi connectivity index (χ0v) is 12.1. The van der Waals surface area contributed by atoms with Gasteiger partial charge >= 0.3 is 6.09 Å². The van der Waals surface area contributed by atoms with E-state index < -0.39 is 6.09 Å². The highest BCUT2D eigenvalue weighted by Gasteiger charge is 2.00. The predicted octanol–water partition coefficient (Wildman–Crippen LogP) is 2.39. The van der Waals surface area contributed by atoms with Crippen molar-refractivity contribution in [2.45, 2.75) is 13.0 Å². The van der Waals surface area contributed by atoms with Crippen molar-refractivity contribution < 1.29 is 9.53 Å². The number of nitrogens with two attached hydrogens (primary N) is 1. The molecule has 114 valence electrons. The summed E-state index contributed by atoms with van der Waals surface area (Å²) in [7, 11) is 0. The molecule has 0 saturated heterocycles. The summed E-state index contributed by atoms with van der Waals surface area (Å²) < 4.78 is 5.10. The molecule has 0 saturated carbocycles. The summed E-state index contributed by atoms with van der Waals surface area (Å²) in [5.41, 5.74) is 7.13. The van der Waals surface area contributed by atoms with Crippen LogP contribution in [0.5, 0.6) is 0 Å². The Balaban J connectivity index is 1.61. The van der Waals surface area contributed by atoms with Crippen molar-refractivity contribution in [3.63, 3.8) is 0 Å². The third kappa shape index (κ3) is 5.62. The summed E-state index contributed by atoms with van der Waals surface area (Å²) in [5.74, 6) is 0.389. The van der Waals surface area contributed by atoms with Crippen molar-refractivity contribution in [2.75, 3.05) is 12.3 Å². The summed E-state index contributed by atoms with van der Waals surface area (Å²) in [5, 5.41) is 10.3. The van der Waals surface area contributed by atoms with E-state index in [9.17, 15) is 4.79 Å². The maximum absolute atomic E-state index is 11.5. The number of alkyl carbamates (subject to hydrolysis) is 1. The second kappa shape index (κ2) is 8.41. The van der Waals surface area contributed by atoms with E-state index in [-0.39, 0.29) is 6.61 Å². The van der Waals surface area contributed by atoms with Crippen molar-refractivity contribution in [1.82, 2.24) is 15.5 Å². The second-order valence-corrected chi connectivity index (χ2v) is 4.56. The molecule has 3 N–H and O–H groups in total. The number of aromatic nitrogens is 2. The highest BCUT2D eigenvalue weighted by Crippen LogP contribution is 2.01. The fraction of sp³-hybridized carbons (Fsp3) is 0.188. The van der Waals surface area contributed by atoms with Gasteiger partial charge in [-0.3, -0.25) is 0 Å². The van der Waals surface area contributed by atoms with Crippen molar-refractivity contribution >= 4 is 18.0 Å². The van der Waals surface area contributed by atoms with Crippen LogP contribution in [0.1, 0.15) is 17.7 Å². The van der Waals surface area contributed by atoms with E-state index in [1.807, 2.05) is 42.5 Å². The molecule has 0 unspecified atom stereocenters. The molecule has 0 aliphatic carbocycles. The number of nitrogen functional groups attached to an aromatic ring is 1. The van der Waals surface area contributed by atoms with E-state index in [1.54, 1.807) is 12.1 Å². The van der Waals surface area contributed by atoms with E-state index in [0.29, 0.717) is 18.8 Å². The summed E-state index contributed by atoms with van der Waals surface area (Å²) in [6, 6.07) is 13.0. The van der Waals surface area contributed by atoms with Gasteiger partial charge in [-0.2, -0.15) is 0 Å². The van der Waals surface area contributed by atoms with Gasteiger partial charge in [-0.05, 0) is 30.2 Å². The van der Waals surface area contributed by atoms with E-state index in [2.05, 4.69) is 15.5 Å². The lowest BCUT2D eigenvalue weighted by molar-refractivity contribution is 0.140. The van der Waals surface area contributed by atoms with E-state index in [4.69, 9.17) is 10.5 Å². The third-order valence-electron chi connectivity index (χ3n) is 2.79. The standard InChI is InChI=1S/C16H18N4O2/c17-15-10-9-14(19-20-15)8-4-5-11-18-16(21)22-12-13-6-2-1-3-7-13/h1-4,6-10H,5,11-12H2,(H2,17,20)(H,18,21). The van der Waals surface area contributed by atoms with Gasteiger partial charge in [-0.25, -0.2) is 4.79 Å². The maximum atomic E-state index is 11.5. The number of amides is 1. The molecule has 1 heterocycles. The minimum absolute atomic E-state index is 0.267. The molecule has 1 aromatic carbocycles. The molecule has 0 radical (unpaired) electrons. The van der Waals surface area contributed by atoms with Gasteiger partial charge in [0.2, 0.25) is 0 Å². The van der Waals surface area contributed by atoms with Gasteiger partial charge in [0.1, 0.15) is 12.4 Å². The van der Waals surface area contributed by atoms with Crippen LogP contribution in [-0.2, 0) is 11.3 Å². The Kier molecular flexibility index (Phi) is 5.92. The number of anilines is 1. The summed E-state index contributed by atoms with van der Waals surface area (Å²) >= 11 is 0. The van der Waals surface area contributed by atoms with Crippen LogP contribution in [0.3, 0.4) is 0 Å². The molecule has 2 rings (SSSR count). The Morgan fingerprint density at radius 2 is 2.00 bits per heavy atom. The topological polar surface area (TPSA) is 90.1 Å². The van der Waals surface area contributed by atoms with Crippen LogP contribution in [0.2, 0.25) is 0 Å². The first-order valence-corrected chi connectivity index (χ1v) is 6.94. The van der Waals surface area contributed by atoms with Crippen LogP contribution in [-0.4, -0.2) is 22.8 Å². The average molecular weight is 298 g/mol. The molecule has 2 aromatic rings. The lowest BCUT2D eigenvalue weighted by Gasteiger charge is -2.05. The number of rotatable bonds is 6. The normalized spacial score (nSPS) is 10.5. The zero-order valence-electron chi connectivity index (χ0n) is 12.1. The second-order valence-electron chi connectivity index (χ2n) is 4.56. The van der Waals surface area contributed by atoms with Crippen LogP contribution in [0.15, 0.2) is 48.5 Å². The quantitative estimate of drug-likeness (QED) is 0.799. The Morgan fingerprint density at radius 1 is 1.18 bits per heavy atom. The van der Waals surface area contributed by atoms with Crippen LogP contribution >= 0.6 is 0 Å². The molecule has 6 nitrogen and oxygen atoms in total. The van der Waals surface area contributed by atoms with Crippen molar-refractivity contribution in [2.24, 2.45) is 0 Å². The van der Waals surface area contributed by atoms with Gasteiger partial charge in [0, 0.05) is 6.54 Å². The first-order valence-electron chi connectivity index (χ1n) is 6.94. The Bertz CT molecular complexity index is 612. The average Bonchev–Trinajstić information content (AvgIpc) is 2.55. The van der Waals surface area contributed by atoms with Gasteiger partial charge < -0.3 is 15.8 Å². The highest BCUT2D eigenvalue weighted by molar-refractivity contribution is 5.67. The number of ether oxygens (including phenoxy) is 1. The Labute approximate surface area is 129 Å². The molecule has 22 heavy (non-hydrogen) atoms. The molecular weight excluding hydrogens is 280 g/mol. The van der Waals surface area contributed by atoms with Crippen LogP contribution in [0.4, 0.5) is 10.6 Å². The number of nitrogens with one attached hydrogen (secondary N) is 1. The molecule has 1 amide bonds. The number of carbonyl (C=O) groups is 1. The van der Waals surface area contributed by atoms with Gasteiger partial charge in [0.15, 0.2) is 0 Å². The van der Waals surface area contributed by atoms with Gasteiger partial charge in [-0.1, -0.05) is 36.4 Å². The summed E-state index contributed by atoms with van der Waals surface area (Å²) in [6.45, 7) is 0.760. The van der Waals surface area contributed by atoms with Crippen LogP contribution in [0.25, 0.3) is 6.08 Å². The van der Waals surface area contributed by atoms with Gasteiger partial charge in [0.25, 0.3) is 0 Å². The van der Waals surface area contributed by atoms with Crippen LogP contribution in [0, 0.1) is 0 Å². The largest absolute Gasteiger partial charge is 0.445 e. The zero-order chi connectivity index (χ0) is 15.6. The monoisotopic (exact) mass is 298 g/mol. The first-order chi connectivity index (χ1) is 10.7. The van der Waals surface area contributed by atoms with Crippen molar-refractivity contribution in [3.05, 3.63) is 59.8 Å². The molecule has 6 heteroatoms. The predicted molar refractivity (Wildman–Crippen MR) is 84.7 cm³/mol. The first kappa shape index (κ1) is 15.5. The molecular formula is C16H18N4O2. The van der Waals surface area contributed by atoms with Crippen molar-refractivity contribution in [1.29, 1.82) is 0 Å². The molecule has 0 fully saturated rings. The van der Waals surface area contributed by atoms with E-state index in [0.717, 1.165) is 11.3 Å². The summed E-state index contributed by atoms with van der Waals surface area (Å²) in [4.78, 5) is 11.5.